The third kappa shape index (κ3) is 12.3. The van der Waals surface area contributed by atoms with Crippen LogP contribution in [0.25, 0.3) is 0 Å². The number of rotatable bonds is 4. The van der Waals surface area contributed by atoms with Crippen molar-refractivity contribution >= 4 is 39.9 Å². The molecular weight excluding hydrogens is 320 g/mol. The van der Waals surface area contributed by atoms with Crippen LogP contribution in [0.15, 0.2) is 0 Å². The molecule has 0 aliphatic carbocycles. The molecule has 14 heavy (non-hydrogen) atoms. The first-order valence-electron chi connectivity index (χ1n) is 3.64. The minimum atomic E-state index is -1.68. The Hall–Kier alpha value is 0.310. The molecule has 88 valence electrons. The second kappa shape index (κ2) is 6.73. The number of nitrogens with two attached hydrogens (primary N) is 1. The number of carbonyl (C=O) groups is 1. The molecule has 0 aromatic heterocycles. The second-order valence-corrected chi connectivity index (χ2v) is 4.10. The molecule has 1 atom stereocenters. The van der Waals surface area contributed by atoms with E-state index in [1.54, 1.807) is 0 Å². The maximum absolute atomic E-state index is 10.1. The van der Waals surface area contributed by atoms with Gasteiger partial charge in [0.05, 0.1) is 21.1 Å². The first-order valence-corrected chi connectivity index (χ1v) is 3.64. The van der Waals surface area contributed by atoms with Crippen LogP contribution in [0.2, 0.25) is 0 Å². The number of carboxylic acids is 1. The highest BCUT2D eigenvalue weighted by Crippen LogP contribution is 2.06. The maximum atomic E-state index is 10.1. The number of hydrogen-bond donors (Lipinski definition) is 2. The summed E-state index contributed by atoms with van der Waals surface area (Å²) in [6.07, 6.45) is -0.539. The molecule has 0 saturated carbocycles. The lowest BCUT2D eigenvalue weighted by atomic mass is 10.1. The molecular formula is C7H18Br2N2O3. The number of carbonyl (C=O) groups excluding carboxylic acids is 1. The highest BCUT2D eigenvalue weighted by Gasteiger charge is 2.28. The fourth-order valence-electron chi connectivity index (χ4n) is 1.13. The number of aliphatic carboxylic acids is 1. The third-order valence-electron chi connectivity index (χ3n) is 1.20. The fourth-order valence-corrected chi connectivity index (χ4v) is 1.13. The standard InChI is InChI=1S/C7H16N2O3.2BrH/c1-9(2,3)5-7(8,12)4-6(10)11;;/h12H,4-5,8H2,1-3H3;2*1H/t7-;;/m1../s1. The van der Waals surface area contributed by atoms with E-state index in [1.807, 2.05) is 21.1 Å². The molecule has 0 aromatic carbocycles. The summed E-state index contributed by atoms with van der Waals surface area (Å²) in [5.74, 6) is -1.34. The molecule has 0 rings (SSSR count). The summed E-state index contributed by atoms with van der Waals surface area (Å²) in [6, 6.07) is 0. The normalized spacial score (nSPS) is 14.6. The molecule has 0 aromatic rings. The summed E-state index contributed by atoms with van der Waals surface area (Å²) >= 11 is 0. The van der Waals surface area contributed by atoms with Crippen molar-refractivity contribution in [3.8, 4) is 0 Å². The van der Waals surface area contributed by atoms with Crippen molar-refractivity contribution in [3.63, 3.8) is 0 Å². The minimum Gasteiger partial charge on any atom is -0.550 e. The monoisotopic (exact) mass is 336 g/mol. The Labute approximate surface area is 105 Å². The molecule has 0 aliphatic heterocycles. The van der Waals surface area contributed by atoms with Crippen LogP contribution in [0.1, 0.15) is 6.42 Å². The van der Waals surface area contributed by atoms with Gasteiger partial charge in [-0.05, 0) is 0 Å². The molecule has 0 heterocycles. The van der Waals surface area contributed by atoms with Gasteiger partial charge in [0.25, 0.3) is 0 Å². The molecule has 0 aliphatic rings. The first kappa shape index (κ1) is 19.8. The zero-order valence-electron chi connectivity index (χ0n) is 8.52. The largest absolute Gasteiger partial charge is 0.550 e. The smallest absolute Gasteiger partial charge is 0.168 e. The van der Waals surface area contributed by atoms with E-state index in [-0.39, 0.29) is 40.5 Å². The van der Waals surface area contributed by atoms with Crippen LogP contribution in [0.3, 0.4) is 0 Å². The minimum absolute atomic E-state index is 0. The van der Waals surface area contributed by atoms with Gasteiger partial charge in [0.1, 0.15) is 6.54 Å². The van der Waals surface area contributed by atoms with Crippen LogP contribution in [0.5, 0.6) is 0 Å². The Morgan fingerprint density at radius 1 is 1.43 bits per heavy atom. The molecule has 0 saturated heterocycles. The summed E-state index contributed by atoms with van der Waals surface area (Å²) in [7, 11) is 5.44. The van der Waals surface area contributed by atoms with Crippen molar-refractivity contribution in [1.29, 1.82) is 0 Å². The molecule has 0 fully saturated rings. The van der Waals surface area contributed by atoms with E-state index in [0.717, 1.165) is 0 Å². The van der Waals surface area contributed by atoms with E-state index in [0.29, 0.717) is 4.48 Å². The summed E-state index contributed by atoms with van der Waals surface area (Å²) in [5, 5.41) is 19.5. The Morgan fingerprint density at radius 2 is 1.79 bits per heavy atom. The predicted molar refractivity (Wildman–Crippen MR) is 62.3 cm³/mol. The van der Waals surface area contributed by atoms with Crippen molar-refractivity contribution in [2.45, 2.75) is 12.1 Å². The molecule has 0 spiro atoms. The Balaban J connectivity index is -0.000000605. The lowest BCUT2D eigenvalue weighted by Crippen LogP contribution is -2.56. The SMILES string of the molecule is Br.Br.C[N+](C)(C)C[C@](N)(O)CC(=O)[O-]. The van der Waals surface area contributed by atoms with Crippen LogP contribution >= 0.6 is 34.0 Å². The number of quaternary nitrogens is 1. The number of carboxylic acid groups (broad SMARTS) is 1. The molecule has 3 N–H and O–H groups in total. The Kier molecular flexibility index (Phi) is 9.53. The third-order valence-corrected chi connectivity index (χ3v) is 1.20. The van der Waals surface area contributed by atoms with E-state index in [1.165, 1.54) is 0 Å². The van der Waals surface area contributed by atoms with Gasteiger partial charge < -0.3 is 19.5 Å². The summed E-state index contributed by atoms with van der Waals surface area (Å²) < 4.78 is 0.403. The average Bonchev–Trinajstić information content (AvgIpc) is 1.48. The predicted octanol–water partition coefficient (Wildman–Crippen LogP) is -1.36. The zero-order chi connectivity index (χ0) is 9.99. The summed E-state index contributed by atoms with van der Waals surface area (Å²) in [6.45, 7) is 0.168. The van der Waals surface area contributed by atoms with Gasteiger partial charge in [0.2, 0.25) is 0 Å². The van der Waals surface area contributed by atoms with Crippen molar-refractivity contribution in [1.82, 2.24) is 0 Å². The zero-order valence-corrected chi connectivity index (χ0v) is 11.9. The van der Waals surface area contributed by atoms with Crippen LogP contribution in [-0.4, -0.2) is 49.0 Å². The summed E-state index contributed by atoms with van der Waals surface area (Å²) in [4.78, 5) is 10.1. The Bertz CT molecular complexity index is 180. The van der Waals surface area contributed by atoms with Crippen molar-refractivity contribution in [3.05, 3.63) is 0 Å². The van der Waals surface area contributed by atoms with Crippen LogP contribution in [0.4, 0.5) is 0 Å². The Morgan fingerprint density at radius 3 is 2.00 bits per heavy atom. The number of halogens is 2. The van der Waals surface area contributed by atoms with Gasteiger partial charge in [-0.25, -0.2) is 0 Å². The van der Waals surface area contributed by atoms with Crippen LogP contribution in [-0.2, 0) is 4.79 Å². The number of hydrogen-bond acceptors (Lipinski definition) is 4. The maximum Gasteiger partial charge on any atom is 0.168 e. The highest BCUT2D eigenvalue weighted by molar-refractivity contribution is 8.93. The lowest BCUT2D eigenvalue weighted by Gasteiger charge is -2.32. The van der Waals surface area contributed by atoms with E-state index in [4.69, 9.17) is 5.73 Å². The molecule has 5 nitrogen and oxygen atoms in total. The van der Waals surface area contributed by atoms with Gasteiger partial charge in [-0.2, -0.15) is 0 Å². The molecule has 0 radical (unpaired) electrons. The van der Waals surface area contributed by atoms with E-state index in [2.05, 4.69) is 0 Å². The van der Waals surface area contributed by atoms with Gasteiger partial charge >= 0.3 is 0 Å². The first-order chi connectivity index (χ1) is 5.12. The van der Waals surface area contributed by atoms with E-state index < -0.39 is 18.1 Å². The average molecular weight is 338 g/mol. The van der Waals surface area contributed by atoms with Gasteiger partial charge in [-0.1, -0.05) is 0 Å². The van der Waals surface area contributed by atoms with E-state index >= 15 is 0 Å². The lowest BCUT2D eigenvalue weighted by molar-refractivity contribution is -0.877. The van der Waals surface area contributed by atoms with Gasteiger partial charge in [-0.15, -0.1) is 34.0 Å². The van der Waals surface area contributed by atoms with E-state index in [9.17, 15) is 15.0 Å². The number of aliphatic hydroxyl groups is 1. The fraction of sp³-hybridized carbons (Fsp3) is 0.857. The van der Waals surface area contributed by atoms with Gasteiger partial charge in [0.15, 0.2) is 5.72 Å². The van der Waals surface area contributed by atoms with Gasteiger partial charge in [-0.3, -0.25) is 5.73 Å². The number of likely N-dealkylation sites (N-methyl/N-ethyl adjacent to an activating group) is 1. The molecule has 0 amide bonds. The summed E-state index contributed by atoms with van der Waals surface area (Å²) in [5.41, 5.74) is 3.64. The second-order valence-electron chi connectivity index (χ2n) is 4.10. The van der Waals surface area contributed by atoms with Crippen molar-refractivity contribution in [2.24, 2.45) is 5.73 Å². The quantitative estimate of drug-likeness (QED) is 0.490. The van der Waals surface area contributed by atoms with Crippen molar-refractivity contribution < 1.29 is 19.5 Å². The number of nitrogens with zero attached hydrogens (tertiary/aromatic N) is 1. The van der Waals surface area contributed by atoms with Crippen LogP contribution < -0.4 is 10.8 Å². The molecule has 0 unspecified atom stereocenters. The van der Waals surface area contributed by atoms with Crippen LogP contribution in [0, 0.1) is 0 Å². The van der Waals surface area contributed by atoms with Crippen molar-refractivity contribution in [2.75, 3.05) is 27.7 Å². The molecule has 0 bridgehead atoms. The highest BCUT2D eigenvalue weighted by atomic mass is 79.9. The van der Waals surface area contributed by atoms with Gasteiger partial charge in [0, 0.05) is 12.4 Å². The topological polar surface area (TPSA) is 86.4 Å². The molecule has 7 heteroatoms.